The monoisotopic (exact) mass is 327 g/mol. The summed E-state index contributed by atoms with van der Waals surface area (Å²) in [7, 11) is 0. The van der Waals surface area contributed by atoms with Gasteiger partial charge in [-0.1, -0.05) is 12.1 Å². The highest BCUT2D eigenvalue weighted by Crippen LogP contribution is 2.29. The molecule has 0 aliphatic heterocycles. The Labute approximate surface area is 137 Å². The van der Waals surface area contributed by atoms with Crippen LogP contribution >= 0.6 is 0 Å². The van der Waals surface area contributed by atoms with Gasteiger partial charge in [-0.2, -0.15) is 0 Å². The fourth-order valence-corrected chi connectivity index (χ4v) is 2.12. The van der Waals surface area contributed by atoms with Gasteiger partial charge in [-0.25, -0.2) is 14.4 Å². The molecule has 6 nitrogen and oxygen atoms in total. The normalized spacial score (nSPS) is 10.5. The maximum absolute atomic E-state index is 13.7. The Morgan fingerprint density at radius 3 is 2.71 bits per heavy atom. The van der Waals surface area contributed by atoms with Crippen LogP contribution in [0.25, 0.3) is 0 Å². The number of hydrogen-bond acceptors (Lipinski definition) is 5. The summed E-state index contributed by atoms with van der Waals surface area (Å²) in [4.78, 5) is 20.4. The molecule has 0 saturated heterocycles. The van der Waals surface area contributed by atoms with Crippen molar-refractivity contribution < 1.29 is 18.3 Å². The Bertz CT molecular complexity index is 892. The molecule has 0 atom stereocenters. The lowest BCUT2D eigenvalue weighted by molar-refractivity contribution is 0.0994. The summed E-state index contributed by atoms with van der Waals surface area (Å²) < 4.78 is 24.5. The van der Waals surface area contributed by atoms with Crippen molar-refractivity contribution in [1.82, 2.24) is 9.97 Å². The van der Waals surface area contributed by atoms with E-state index in [1.807, 2.05) is 0 Å². The number of nitrogens with one attached hydrogen (secondary N) is 1. The third-order valence-electron chi connectivity index (χ3n) is 3.17. The number of carbonyl (C=O) groups is 1. The summed E-state index contributed by atoms with van der Waals surface area (Å²) in [6.07, 6.45) is 1.48. The SMILES string of the molecule is Cc1nc(C)c(C(=O)Nc2cccnc2Oc2ccccc2F)o1. The molecule has 0 bridgehead atoms. The molecule has 3 aromatic rings. The number of oxazole rings is 1. The molecule has 0 aliphatic rings. The fraction of sp³-hybridized carbons (Fsp3) is 0.118. The molecular formula is C17H14FN3O3. The Morgan fingerprint density at radius 1 is 1.21 bits per heavy atom. The molecule has 1 N–H and O–H groups in total. The smallest absolute Gasteiger partial charge is 0.293 e. The molecule has 1 aromatic carbocycles. The summed E-state index contributed by atoms with van der Waals surface area (Å²) in [6.45, 7) is 3.33. The van der Waals surface area contributed by atoms with Gasteiger partial charge in [0, 0.05) is 13.1 Å². The Morgan fingerprint density at radius 2 is 2.00 bits per heavy atom. The molecule has 7 heteroatoms. The van der Waals surface area contributed by atoms with Crippen molar-refractivity contribution in [1.29, 1.82) is 0 Å². The van der Waals surface area contributed by atoms with E-state index < -0.39 is 11.7 Å². The Balaban J connectivity index is 1.86. The van der Waals surface area contributed by atoms with Gasteiger partial charge < -0.3 is 14.5 Å². The summed E-state index contributed by atoms with van der Waals surface area (Å²) in [5.41, 5.74) is 0.768. The van der Waals surface area contributed by atoms with Gasteiger partial charge in [0.15, 0.2) is 17.5 Å². The minimum absolute atomic E-state index is 0.0124. The molecule has 0 spiro atoms. The Hall–Kier alpha value is -3.22. The second-order valence-electron chi connectivity index (χ2n) is 4.99. The molecule has 3 rings (SSSR count). The van der Waals surface area contributed by atoms with Gasteiger partial charge in [0.2, 0.25) is 11.6 Å². The van der Waals surface area contributed by atoms with E-state index in [1.54, 1.807) is 38.1 Å². The third-order valence-corrected chi connectivity index (χ3v) is 3.17. The lowest BCUT2D eigenvalue weighted by Crippen LogP contribution is -2.13. The number of amides is 1. The molecule has 2 aromatic heterocycles. The molecule has 0 unspecified atom stereocenters. The first-order chi connectivity index (χ1) is 11.5. The molecule has 24 heavy (non-hydrogen) atoms. The number of ether oxygens (including phenoxy) is 1. The van der Waals surface area contributed by atoms with Gasteiger partial charge in [0.05, 0.1) is 5.69 Å². The summed E-state index contributed by atoms with van der Waals surface area (Å²) in [5, 5.41) is 2.64. The number of aromatic nitrogens is 2. The molecule has 122 valence electrons. The van der Waals surface area contributed by atoms with Crippen molar-refractivity contribution in [3.63, 3.8) is 0 Å². The van der Waals surface area contributed by atoms with Crippen molar-refractivity contribution in [3.8, 4) is 11.6 Å². The van der Waals surface area contributed by atoms with Crippen LogP contribution in [0.3, 0.4) is 0 Å². The molecule has 0 saturated carbocycles. The van der Waals surface area contributed by atoms with Crippen molar-refractivity contribution in [3.05, 3.63) is 65.8 Å². The molecule has 1 amide bonds. The van der Waals surface area contributed by atoms with Gasteiger partial charge in [0.25, 0.3) is 5.91 Å². The predicted octanol–water partition coefficient (Wildman–Crippen LogP) is 3.87. The van der Waals surface area contributed by atoms with Crippen LogP contribution in [0.15, 0.2) is 47.0 Å². The molecule has 0 radical (unpaired) electrons. The number of para-hydroxylation sites is 1. The van der Waals surface area contributed by atoms with Crippen LogP contribution in [-0.4, -0.2) is 15.9 Å². The first-order valence-electron chi connectivity index (χ1n) is 7.17. The topological polar surface area (TPSA) is 77.2 Å². The van der Waals surface area contributed by atoms with Gasteiger partial charge >= 0.3 is 0 Å². The maximum atomic E-state index is 13.7. The number of rotatable bonds is 4. The zero-order valence-corrected chi connectivity index (χ0v) is 13.0. The second kappa shape index (κ2) is 6.49. The van der Waals surface area contributed by atoms with Crippen LogP contribution in [0.5, 0.6) is 11.6 Å². The highest BCUT2D eigenvalue weighted by atomic mass is 19.1. The van der Waals surface area contributed by atoms with Gasteiger partial charge in [0.1, 0.15) is 5.69 Å². The molecule has 2 heterocycles. The summed E-state index contributed by atoms with van der Waals surface area (Å²) >= 11 is 0. The second-order valence-corrected chi connectivity index (χ2v) is 4.99. The van der Waals surface area contributed by atoms with E-state index in [0.29, 0.717) is 17.3 Å². The van der Waals surface area contributed by atoms with Gasteiger partial charge in [-0.05, 0) is 31.2 Å². The van der Waals surface area contributed by atoms with Crippen LogP contribution in [0.4, 0.5) is 10.1 Å². The quantitative estimate of drug-likeness (QED) is 0.787. The van der Waals surface area contributed by atoms with E-state index in [0.717, 1.165) is 0 Å². The van der Waals surface area contributed by atoms with Crippen LogP contribution < -0.4 is 10.1 Å². The lowest BCUT2D eigenvalue weighted by Gasteiger charge is -2.10. The van der Waals surface area contributed by atoms with E-state index in [2.05, 4.69) is 15.3 Å². The average Bonchev–Trinajstić information content (AvgIpc) is 2.90. The number of halogens is 1. The summed E-state index contributed by atoms with van der Waals surface area (Å²) in [6, 6.07) is 9.16. The number of nitrogens with zero attached hydrogens (tertiary/aromatic N) is 2. The molecule has 0 aliphatic carbocycles. The molecular weight excluding hydrogens is 313 g/mol. The minimum atomic E-state index is -0.526. The summed E-state index contributed by atoms with van der Waals surface area (Å²) in [5.74, 6) is -0.426. The van der Waals surface area contributed by atoms with Crippen molar-refractivity contribution >= 4 is 11.6 Å². The van der Waals surface area contributed by atoms with E-state index in [1.165, 1.54) is 18.3 Å². The standard InChI is InChI=1S/C17H14FN3O3/c1-10-15(23-11(2)20-10)16(22)21-13-7-5-9-19-17(13)24-14-8-4-3-6-12(14)18/h3-9H,1-2H3,(H,21,22). The largest absolute Gasteiger partial charge is 0.436 e. The minimum Gasteiger partial charge on any atom is -0.436 e. The number of aryl methyl sites for hydroxylation is 2. The number of hydrogen-bond donors (Lipinski definition) is 1. The lowest BCUT2D eigenvalue weighted by atomic mass is 10.3. The number of anilines is 1. The first kappa shape index (κ1) is 15.7. The first-order valence-corrected chi connectivity index (χ1v) is 7.17. The molecule has 0 fully saturated rings. The third kappa shape index (κ3) is 3.24. The maximum Gasteiger partial charge on any atom is 0.293 e. The van der Waals surface area contributed by atoms with Crippen LogP contribution in [0, 0.1) is 19.7 Å². The van der Waals surface area contributed by atoms with Crippen LogP contribution in [0.1, 0.15) is 22.1 Å². The number of benzene rings is 1. The zero-order valence-electron chi connectivity index (χ0n) is 13.0. The van der Waals surface area contributed by atoms with Crippen molar-refractivity contribution in [2.75, 3.05) is 5.32 Å². The average molecular weight is 327 g/mol. The van der Waals surface area contributed by atoms with Gasteiger partial charge in [-0.15, -0.1) is 0 Å². The zero-order chi connectivity index (χ0) is 17.1. The number of pyridine rings is 1. The highest BCUT2D eigenvalue weighted by Gasteiger charge is 2.18. The van der Waals surface area contributed by atoms with Crippen molar-refractivity contribution in [2.24, 2.45) is 0 Å². The van der Waals surface area contributed by atoms with Gasteiger partial charge in [-0.3, -0.25) is 4.79 Å². The Kier molecular flexibility index (Phi) is 4.24. The predicted molar refractivity (Wildman–Crippen MR) is 84.6 cm³/mol. The highest BCUT2D eigenvalue weighted by molar-refractivity contribution is 6.03. The fourth-order valence-electron chi connectivity index (χ4n) is 2.12. The van der Waals surface area contributed by atoms with Crippen LogP contribution in [0.2, 0.25) is 0 Å². The van der Waals surface area contributed by atoms with E-state index in [-0.39, 0.29) is 17.4 Å². The van der Waals surface area contributed by atoms with E-state index >= 15 is 0 Å². The van der Waals surface area contributed by atoms with E-state index in [4.69, 9.17) is 9.15 Å². The van der Waals surface area contributed by atoms with E-state index in [9.17, 15) is 9.18 Å². The van der Waals surface area contributed by atoms with Crippen molar-refractivity contribution in [2.45, 2.75) is 13.8 Å². The number of carbonyl (C=O) groups excluding carboxylic acids is 1. The van der Waals surface area contributed by atoms with Crippen LogP contribution in [-0.2, 0) is 0 Å².